The third-order valence-electron chi connectivity index (χ3n) is 4.72. The summed E-state index contributed by atoms with van der Waals surface area (Å²) >= 11 is 0. The summed E-state index contributed by atoms with van der Waals surface area (Å²) in [5.74, 6) is 0. The molecule has 0 aromatic rings. The predicted molar refractivity (Wildman–Crippen MR) is 95.9 cm³/mol. The van der Waals surface area contributed by atoms with Crippen LogP contribution in [0.4, 0.5) is 0 Å². The average molecular weight is 294 g/mol. The van der Waals surface area contributed by atoms with Crippen LogP contribution in [0.2, 0.25) is 0 Å². The first kappa shape index (κ1) is 18.7. The Morgan fingerprint density at radius 2 is 1.48 bits per heavy atom. The largest absolute Gasteiger partial charge is 0.316 e. The number of rotatable bonds is 14. The minimum Gasteiger partial charge on any atom is -0.316 e. The molecule has 1 rings (SSSR count). The quantitative estimate of drug-likeness (QED) is 0.289. The van der Waals surface area contributed by atoms with Crippen molar-refractivity contribution >= 4 is 0 Å². The van der Waals surface area contributed by atoms with Crippen LogP contribution in [0.5, 0.6) is 0 Å². The van der Waals surface area contributed by atoms with E-state index in [0.29, 0.717) is 0 Å². The molecule has 0 bridgehead atoms. The Balaban J connectivity index is 1.71. The highest BCUT2D eigenvalue weighted by Gasteiger charge is 2.02. The number of hydrogen-bond acceptors (Lipinski definition) is 1. The maximum atomic E-state index is 3.62. The van der Waals surface area contributed by atoms with Gasteiger partial charge in [0.25, 0.3) is 0 Å². The van der Waals surface area contributed by atoms with E-state index < -0.39 is 0 Å². The first-order chi connectivity index (χ1) is 10.4. The maximum Gasteiger partial charge on any atom is -0.00116 e. The Labute approximate surface area is 134 Å². The topological polar surface area (TPSA) is 12.0 Å². The second-order valence-corrected chi connectivity index (χ2v) is 6.79. The van der Waals surface area contributed by atoms with Crippen molar-refractivity contribution in [3.63, 3.8) is 0 Å². The fraction of sp³-hybridized carbons (Fsp3) is 0.900. The predicted octanol–water partition coefficient (Wildman–Crippen LogP) is 6.39. The van der Waals surface area contributed by atoms with Gasteiger partial charge >= 0.3 is 0 Å². The van der Waals surface area contributed by atoms with Gasteiger partial charge in [0.15, 0.2) is 0 Å². The summed E-state index contributed by atoms with van der Waals surface area (Å²) in [4.78, 5) is 0. The summed E-state index contributed by atoms with van der Waals surface area (Å²) in [6.45, 7) is 4.72. The lowest BCUT2D eigenvalue weighted by atomic mass is 9.97. The Morgan fingerprint density at radius 3 is 2.10 bits per heavy atom. The molecule has 0 unspecified atom stereocenters. The van der Waals surface area contributed by atoms with Crippen LogP contribution in [0.25, 0.3) is 0 Å². The molecule has 0 radical (unpaired) electrons. The SMILES string of the molecule is CCCCCCCCCCCCNCCC1=CCCCC1. The minimum atomic E-state index is 1.20. The highest BCUT2D eigenvalue weighted by molar-refractivity contribution is 5.05. The summed E-state index contributed by atoms with van der Waals surface area (Å²) in [5, 5.41) is 3.62. The van der Waals surface area contributed by atoms with Gasteiger partial charge in [-0.1, -0.05) is 76.4 Å². The lowest BCUT2D eigenvalue weighted by molar-refractivity contribution is 0.542. The van der Waals surface area contributed by atoms with Crippen LogP contribution in [0.3, 0.4) is 0 Å². The molecule has 0 aliphatic heterocycles. The van der Waals surface area contributed by atoms with Gasteiger partial charge in [-0.15, -0.1) is 0 Å². The fourth-order valence-electron chi connectivity index (χ4n) is 3.24. The van der Waals surface area contributed by atoms with E-state index in [-0.39, 0.29) is 0 Å². The molecule has 0 spiro atoms. The van der Waals surface area contributed by atoms with Crippen molar-refractivity contribution in [3.8, 4) is 0 Å². The molecule has 0 aromatic carbocycles. The molecule has 1 heteroatoms. The molecule has 0 saturated heterocycles. The Bertz CT molecular complexity index is 244. The number of allylic oxidation sites excluding steroid dienone is 1. The molecule has 21 heavy (non-hydrogen) atoms. The van der Waals surface area contributed by atoms with Crippen molar-refractivity contribution in [2.24, 2.45) is 0 Å². The van der Waals surface area contributed by atoms with Gasteiger partial charge in [-0.2, -0.15) is 0 Å². The van der Waals surface area contributed by atoms with Crippen LogP contribution in [0.1, 0.15) is 103 Å². The van der Waals surface area contributed by atoms with E-state index in [9.17, 15) is 0 Å². The van der Waals surface area contributed by atoms with Gasteiger partial charge in [0.2, 0.25) is 0 Å². The molecule has 0 saturated carbocycles. The van der Waals surface area contributed by atoms with Crippen molar-refractivity contribution in [2.75, 3.05) is 13.1 Å². The molecule has 1 aliphatic carbocycles. The maximum absolute atomic E-state index is 3.62. The van der Waals surface area contributed by atoms with Crippen molar-refractivity contribution < 1.29 is 0 Å². The highest BCUT2D eigenvalue weighted by atomic mass is 14.8. The van der Waals surface area contributed by atoms with Crippen molar-refractivity contribution in [1.82, 2.24) is 5.32 Å². The van der Waals surface area contributed by atoms with Crippen LogP contribution >= 0.6 is 0 Å². The van der Waals surface area contributed by atoms with Crippen LogP contribution in [0, 0.1) is 0 Å². The third-order valence-corrected chi connectivity index (χ3v) is 4.72. The Morgan fingerprint density at radius 1 is 0.810 bits per heavy atom. The lowest BCUT2D eigenvalue weighted by Gasteiger charge is -2.12. The zero-order valence-electron chi connectivity index (χ0n) is 14.6. The first-order valence-corrected chi connectivity index (χ1v) is 9.82. The molecule has 124 valence electrons. The number of hydrogen-bond donors (Lipinski definition) is 1. The summed E-state index contributed by atoms with van der Waals surface area (Å²) in [7, 11) is 0. The monoisotopic (exact) mass is 293 g/mol. The summed E-state index contributed by atoms with van der Waals surface area (Å²) in [6.07, 6.45) is 23.6. The van der Waals surface area contributed by atoms with Gasteiger partial charge in [-0.05, 0) is 51.6 Å². The zero-order valence-corrected chi connectivity index (χ0v) is 14.6. The van der Waals surface area contributed by atoms with E-state index in [1.165, 1.54) is 109 Å². The molecule has 0 fully saturated rings. The molecule has 0 heterocycles. The van der Waals surface area contributed by atoms with E-state index >= 15 is 0 Å². The first-order valence-electron chi connectivity index (χ1n) is 9.82. The number of unbranched alkanes of at least 4 members (excludes halogenated alkanes) is 9. The smallest absolute Gasteiger partial charge is 0.00116 e. The van der Waals surface area contributed by atoms with Crippen molar-refractivity contribution in [3.05, 3.63) is 11.6 Å². The normalized spacial score (nSPS) is 15.2. The molecule has 1 nitrogen and oxygen atoms in total. The van der Waals surface area contributed by atoms with Crippen molar-refractivity contribution in [1.29, 1.82) is 0 Å². The molecule has 0 amide bonds. The van der Waals surface area contributed by atoms with Gasteiger partial charge in [0, 0.05) is 0 Å². The highest BCUT2D eigenvalue weighted by Crippen LogP contribution is 2.19. The lowest BCUT2D eigenvalue weighted by Crippen LogP contribution is -2.17. The average Bonchev–Trinajstić information content (AvgIpc) is 2.53. The molecule has 0 aromatic heterocycles. The second-order valence-electron chi connectivity index (χ2n) is 6.79. The molecule has 0 atom stereocenters. The van der Waals surface area contributed by atoms with E-state index in [1.807, 2.05) is 0 Å². The fourth-order valence-corrected chi connectivity index (χ4v) is 3.24. The molecule has 1 aliphatic rings. The molecular weight excluding hydrogens is 254 g/mol. The van der Waals surface area contributed by atoms with E-state index in [4.69, 9.17) is 0 Å². The van der Waals surface area contributed by atoms with Gasteiger partial charge < -0.3 is 5.32 Å². The van der Waals surface area contributed by atoms with E-state index in [1.54, 1.807) is 5.57 Å². The van der Waals surface area contributed by atoms with Crippen LogP contribution in [-0.2, 0) is 0 Å². The molecular formula is C20H39N. The molecule has 1 N–H and O–H groups in total. The number of nitrogens with one attached hydrogen (secondary N) is 1. The van der Waals surface area contributed by atoms with E-state index in [2.05, 4.69) is 18.3 Å². The van der Waals surface area contributed by atoms with Gasteiger partial charge in [-0.25, -0.2) is 0 Å². The third kappa shape index (κ3) is 12.0. The standard InChI is InChI=1S/C20H39N/c1-2-3-4-5-6-7-8-9-10-14-18-21-19-17-20-15-12-11-13-16-20/h15,21H,2-14,16-19H2,1H3. The van der Waals surface area contributed by atoms with Crippen LogP contribution in [-0.4, -0.2) is 13.1 Å². The van der Waals surface area contributed by atoms with Gasteiger partial charge in [-0.3, -0.25) is 0 Å². The van der Waals surface area contributed by atoms with Crippen LogP contribution in [0.15, 0.2) is 11.6 Å². The van der Waals surface area contributed by atoms with Gasteiger partial charge in [0.1, 0.15) is 0 Å². The zero-order chi connectivity index (χ0) is 15.0. The van der Waals surface area contributed by atoms with E-state index in [0.717, 1.165) is 0 Å². The summed E-state index contributed by atoms with van der Waals surface area (Å²) in [5.41, 5.74) is 1.71. The van der Waals surface area contributed by atoms with Crippen molar-refractivity contribution in [2.45, 2.75) is 103 Å². The minimum absolute atomic E-state index is 1.20. The Hall–Kier alpha value is -0.300. The Kier molecular flexibility index (Phi) is 13.1. The summed E-state index contributed by atoms with van der Waals surface area (Å²) < 4.78 is 0. The van der Waals surface area contributed by atoms with Crippen LogP contribution < -0.4 is 5.32 Å². The van der Waals surface area contributed by atoms with Gasteiger partial charge in [0.05, 0.1) is 0 Å². The summed E-state index contributed by atoms with van der Waals surface area (Å²) in [6, 6.07) is 0. The second kappa shape index (κ2) is 14.6.